The van der Waals surface area contributed by atoms with Crippen LogP contribution >= 0.6 is 0 Å². The predicted molar refractivity (Wildman–Crippen MR) is 93.0 cm³/mol. The Morgan fingerprint density at radius 2 is 0.963 bits per heavy atom. The molecule has 0 heterocycles. The molecule has 0 radical (unpaired) electrons. The minimum Gasteiger partial charge on any atom is -0.481 e. The Labute approximate surface area is 157 Å². The van der Waals surface area contributed by atoms with Crippen molar-refractivity contribution in [2.24, 2.45) is 40.9 Å². The first-order chi connectivity index (χ1) is 12.5. The molecule has 27 heavy (non-hydrogen) atoms. The SMILES string of the molecule is CC(C)(C1CCCC(C(=O)O)C1C(=O)O)C1CCCC(C(=O)O)C1C(=O)O. The fourth-order valence-electron chi connectivity index (χ4n) is 5.58. The molecule has 2 fully saturated rings. The normalized spacial score (nSPS) is 34.6. The molecule has 0 bridgehead atoms. The molecular formula is C19H28O8. The van der Waals surface area contributed by atoms with Gasteiger partial charge in [-0.15, -0.1) is 0 Å². The summed E-state index contributed by atoms with van der Waals surface area (Å²) in [4.78, 5) is 47.0. The minimum absolute atomic E-state index is 0.281. The number of hydrogen-bond donors (Lipinski definition) is 4. The van der Waals surface area contributed by atoms with Crippen LogP contribution in [0.1, 0.15) is 52.4 Å². The first-order valence-corrected chi connectivity index (χ1v) is 9.41. The lowest BCUT2D eigenvalue weighted by Crippen LogP contribution is -2.52. The van der Waals surface area contributed by atoms with Crippen LogP contribution in [-0.4, -0.2) is 44.3 Å². The van der Waals surface area contributed by atoms with Gasteiger partial charge >= 0.3 is 23.9 Å². The molecule has 0 saturated heterocycles. The smallest absolute Gasteiger partial charge is 0.307 e. The summed E-state index contributed by atoms with van der Waals surface area (Å²) in [6, 6.07) is 0. The molecule has 2 aliphatic rings. The van der Waals surface area contributed by atoms with Crippen LogP contribution in [0.4, 0.5) is 0 Å². The number of aliphatic carboxylic acids is 4. The number of hydrogen-bond acceptors (Lipinski definition) is 4. The molecule has 6 unspecified atom stereocenters. The fourth-order valence-corrected chi connectivity index (χ4v) is 5.58. The van der Waals surface area contributed by atoms with Crippen molar-refractivity contribution < 1.29 is 39.6 Å². The van der Waals surface area contributed by atoms with Crippen molar-refractivity contribution in [1.29, 1.82) is 0 Å². The van der Waals surface area contributed by atoms with Gasteiger partial charge < -0.3 is 20.4 Å². The summed E-state index contributed by atoms with van der Waals surface area (Å²) in [7, 11) is 0. The Kier molecular flexibility index (Phi) is 6.17. The van der Waals surface area contributed by atoms with Crippen LogP contribution in [0.25, 0.3) is 0 Å². The molecule has 4 N–H and O–H groups in total. The number of carbonyl (C=O) groups is 4. The van der Waals surface area contributed by atoms with Gasteiger partial charge in [0.15, 0.2) is 0 Å². The van der Waals surface area contributed by atoms with Crippen LogP contribution in [0.15, 0.2) is 0 Å². The molecular weight excluding hydrogens is 356 g/mol. The highest BCUT2D eigenvalue weighted by Gasteiger charge is 2.55. The van der Waals surface area contributed by atoms with Crippen molar-refractivity contribution in [3.05, 3.63) is 0 Å². The van der Waals surface area contributed by atoms with Gasteiger partial charge in [-0.2, -0.15) is 0 Å². The largest absolute Gasteiger partial charge is 0.481 e. The van der Waals surface area contributed by atoms with Crippen molar-refractivity contribution in [3.8, 4) is 0 Å². The molecule has 0 aromatic heterocycles. The predicted octanol–water partition coefficient (Wildman–Crippen LogP) is 2.42. The van der Waals surface area contributed by atoms with Crippen LogP contribution in [0.3, 0.4) is 0 Å². The molecule has 2 saturated carbocycles. The van der Waals surface area contributed by atoms with Gasteiger partial charge in [0, 0.05) is 0 Å². The molecule has 0 aromatic rings. The van der Waals surface area contributed by atoms with E-state index in [0.29, 0.717) is 25.7 Å². The van der Waals surface area contributed by atoms with E-state index in [-0.39, 0.29) is 12.8 Å². The van der Waals surface area contributed by atoms with E-state index in [9.17, 15) is 39.6 Å². The maximum atomic E-state index is 11.9. The van der Waals surface area contributed by atoms with Crippen molar-refractivity contribution >= 4 is 23.9 Å². The van der Waals surface area contributed by atoms with E-state index in [1.807, 2.05) is 0 Å². The molecule has 0 spiro atoms. The van der Waals surface area contributed by atoms with Crippen LogP contribution < -0.4 is 0 Å². The zero-order valence-electron chi connectivity index (χ0n) is 15.6. The van der Waals surface area contributed by atoms with E-state index in [2.05, 4.69) is 0 Å². The summed E-state index contributed by atoms with van der Waals surface area (Å²) in [6.07, 6.45) is 2.67. The second-order valence-corrected chi connectivity index (χ2v) is 8.51. The molecule has 6 atom stereocenters. The van der Waals surface area contributed by atoms with E-state index in [1.165, 1.54) is 0 Å². The Morgan fingerprint density at radius 1 is 0.630 bits per heavy atom. The third kappa shape index (κ3) is 3.94. The first kappa shape index (κ1) is 21.2. The van der Waals surface area contributed by atoms with E-state index in [0.717, 1.165) is 0 Å². The third-order valence-electron chi connectivity index (χ3n) is 6.91. The standard InChI is InChI=1S/C19H28O8/c1-19(2,11-7-3-5-9(15(20)21)13(11)17(24)25)12-8-4-6-10(16(22)23)14(12)18(26)27/h9-14H,3-8H2,1-2H3,(H,20,21)(H,22,23)(H,24,25)(H,26,27). The molecule has 0 aliphatic heterocycles. The fraction of sp³-hybridized carbons (Fsp3) is 0.789. The van der Waals surface area contributed by atoms with E-state index in [1.54, 1.807) is 13.8 Å². The number of carboxylic acid groups (broad SMARTS) is 4. The Morgan fingerprint density at radius 3 is 1.22 bits per heavy atom. The van der Waals surface area contributed by atoms with Crippen molar-refractivity contribution in [2.45, 2.75) is 52.4 Å². The monoisotopic (exact) mass is 384 g/mol. The van der Waals surface area contributed by atoms with Crippen molar-refractivity contribution in [2.75, 3.05) is 0 Å². The molecule has 2 aliphatic carbocycles. The first-order valence-electron chi connectivity index (χ1n) is 9.41. The van der Waals surface area contributed by atoms with Gasteiger partial charge in [-0.1, -0.05) is 26.7 Å². The van der Waals surface area contributed by atoms with Gasteiger partial charge in [-0.3, -0.25) is 19.2 Å². The molecule has 8 nitrogen and oxygen atoms in total. The summed E-state index contributed by atoms with van der Waals surface area (Å²) < 4.78 is 0. The maximum Gasteiger partial charge on any atom is 0.307 e. The molecule has 0 amide bonds. The summed E-state index contributed by atoms with van der Waals surface area (Å²) in [6.45, 7) is 3.56. The molecule has 152 valence electrons. The highest BCUT2D eigenvalue weighted by molar-refractivity contribution is 5.81. The zero-order valence-corrected chi connectivity index (χ0v) is 15.6. The number of rotatable bonds is 6. The van der Waals surface area contributed by atoms with E-state index in [4.69, 9.17) is 0 Å². The molecule has 0 aromatic carbocycles. The maximum absolute atomic E-state index is 11.9. The average molecular weight is 384 g/mol. The van der Waals surface area contributed by atoms with Crippen LogP contribution in [0.5, 0.6) is 0 Å². The quantitative estimate of drug-likeness (QED) is 0.545. The van der Waals surface area contributed by atoms with E-state index < -0.39 is 64.8 Å². The van der Waals surface area contributed by atoms with E-state index >= 15 is 0 Å². The van der Waals surface area contributed by atoms with Crippen molar-refractivity contribution in [1.82, 2.24) is 0 Å². The summed E-state index contributed by atoms with van der Waals surface area (Å²) >= 11 is 0. The Balaban J connectivity index is 2.44. The topological polar surface area (TPSA) is 149 Å². The van der Waals surface area contributed by atoms with Crippen LogP contribution in [0.2, 0.25) is 0 Å². The second kappa shape index (κ2) is 7.86. The lowest BCUT2D eigenvalue weighted by molar-refractivity contribution is -0.170. The summed E-state index contributed by atoms with van der Waals surface area (Å²) in [5.41, 5.74) is -0.811. The Hall–Kier alpha value is -2.12. The average Bonchev–Trinajstić information content (AvgIpc) is 2.59. The lowest BCUT2D eigenvalue weighted by atomic mass is 9.52. The zero-order chi connectivity index (χ0) is 20.5. The van der Waals surface area contributed by atoms with Crippen LogP contribution in [-0.2, 0) is 19.2 Å². The second-order valence-electron chi connectivity index (χ2n) is 8.51. The van der Waals surface area contributed by atoms with Gasteiger partial charge in [0.1, 0.15) is 0 Å². The molecule has 2 rings (SSSR count). The van der Waals surface area contributed by atoms with Gasteiger partial charge in [0.05, 0.1) is 23.7 Å². The molecule has 8 heteroatoms. The van der Waals surface area contributed by atoms with Crippen molar-refractivity contribution in [3.63, 3.8) is 0 Å². The van der Waals surface area contributed by atoms with Gasteiger partial charge in [-0.25, -0.2) is 0 Å². The highest BCUT2D eigenvalue weighted by Crippen LogP contribution is 2.54. The van der Waals surface area contributed by atoms with Gasteiger partial charge in [-0.05, 0) is 42.9 Å². The summed E-state index contributed by atoms with van der Waals surface area (Å²) in [5, 5.41) is 38.4. The number of carboxylic acids is 4. The highest BCUT2D eigenvalue weighted by atomic mass is 16.4. The third-order valence-corrected chi connectivity index (χ3v) is 6.91. The lowest BCUT2D eigenvalue weighted by Gasteiger charge is -2.50. The summed E-state index contributed by atoms with van der Waals surface area (Å²) in [5.74, 6) is -9.94. The van der Waals surface area contributed by atoms with Gasteiger partial charge in [0.2, 0.25) is 0 Å². The van der Waals surface area contributed by atoms with Crippen LogP contribution in [0, 0.1) is 40.9 Å². The Bertz CT molecular complexity index is 573. The van der Waals surface area contributed by atoms with Gasteiger partial charge in [0.25, 0.3) is 0 Å². The minimum atomic E-state index is -1.18.